The number of hydrazone groups is 1. The monoisotopic (exact) mass is 389 g/mol. The minimum absolute atomic E-state index is 0.0320. The van der Waals surface area contributed by atoms with Crippen LogP contribution in [-0.2, 0) is 6.54 Å². The van der Waals surface area contributed by atoms with Crippen molar-refractivity contribution in [1.29, 1.82) is 0 Å². The van der Waals surface area contributed by atoms with Gasteiger partial charge in [-0.15, -0.1) is 0 Å². The molecule has 0 spiro atoms. The Morgan fingerprint density at radius 3 is 2.42 bits per heavy atom. The van der Waals surface area contributed by atoms with Crippen LogP contribution in [0, 0.1) is 10.1 Å². The van der Waals surface area contributed by atoms with Crippen molar-refractivity contribution in [3.8, 4) is 11.3 Å². The van der Waals surface area contributed by atoms with Crippen molar-refractivity contribution in [2.75, 3.05) is 0 Å². The molecule has 0 atom stereocenters. The Morgan fingerprint density at radius 2 is 1.77 bits per heavy atom. The van der Waals surface area contributed by atoms with Crippen molar-refractivity contribution in [1.82, 2.24) is 5.43 Å². The van der Waals surface area contributed by atoms with E-state index in [1.165, 1.54) is 18.3 Å². The highest BCUT2D eigenvalue weighted by Crippen LogP contribution is 2.25. The standard InChI is InChI=1S/C18H13Cl2N3O3/c19-16-2-1-3-17(20)15(16)11-22-21-10-14-8-9-18(26-14)12-4-6-13(7-5-12)23(24)25/h1-10,22H,11H2/b21-10-. The number of furan rings is 1. The summed E-state index contributed by atoms with van der Waals surface area (Å²) in [6, 6.07) is 15.0. The highest BCUT2D eigenvalue weighted by molar-refractivity contribution is 6.35. The maximum Gasteiger partial charge on any atom is 0.269 e. The number of non-ortho nitro benzene ring substituents is 1. The van der Waals surface area contributed by atoms with E-state index in [1.54, 1.807) is 42.5 Å². The zero-order valence-corrected chi connectivity index (χ0v) is 14.9. The van der Waals surface area contributed by atoms with E-state index < -0.39 is 4.92 Å². The van der Waals surface area contributed by atoms with Crippen molar-refractivity contribution in [2.45, 2.75) is 6.54 Å². The molecule has 132 valence electrons. The third-order valence-corrected chi connectivity index (χ3v) is 4.30. The molecule has 0 fully saturated rings. The second-order valence-corrected chi connectivity index (χ2v) is 6.11. The predicted octanol–water partition coefficient (Wildman–Crippen LogP) is 5.29. The first-order valence-corrected chi connectivity index (χ1v) is 8.33. The van der Waals surface area contributed by atoms with Gasteiger partial charge in [-0.2, -0.15) is 5.10 Å². The molecule has 0 aliphatic carbocycles. The molecular weight excluding hydrogens is 377 g/mol. The zero-order chi connectivity index (χ0) is 18.5. The lowest BCUT2D eigenvalue weighted by Gasteiger charge is -2.05. The zero-order valence-electron chi connectivity index (χ0n) is 13.4. The van der Waals surface area contributed by atoms with Crippen LogP contribution in [0.3, 0.4) is 0 Å². The molecule has 2 aromatic carbocycles. The number of nitro groups is 1. The van der Waals surface area contributed by atoms with Crippen LogP contribution in [0.5, 0.6) is 0 Å². The molecule has 0 saturated carbocycles. The molecule has 6 nitrogen and oxygen atoms in total. The summed E-state index contributed by atoms with van der Waals surface area (Å²) in [6.07, 6.45) is 1.53. The molecule has 3 aromatic rings. The van der Waals surface area contributed by atoms with E-state index in [-0.39, 0.29) is 5.69 Å². The van der Waals surface area contributed by atoms with Gasteiger partial charge in [-0.1, -0.05) is 29.3 Å². The summed E-state index contributed by atoms with van der Waals surface area (Å²) in [6.45, 7) is 0.380. The van der Waals surface area contributed by atoms with Crippen LogP contribution in [0.15, 0.2) is 64.1 Å². The Balaban J connectivity index is 1.63. The van der Waals surface area contributed by atoms with Gasteiger partial charge in [0.25, 0.3) is 5.69 Å². The lowest BCUT2D eigenvalue weighted by molar-refractivity contribution is -0.384. The largest absolute Gasteiger partial charge is 0.455 e. The third-order valence-electron chi connectivity index (χ3n) is 3.59. The average Bonchev–Trinajstić information content (AvgIpc) is 3.09. The SMILES string of the molecule is O=[N+]([O-])c1ccc(-c2ccc(/C=N\NCc3c(Cl)cccc3Cl)o2)cc1. The van der Waals surface area contributed by atoms with E-state index in [0.29, 0.717) is 28.1 Å². The second-order valence-electron chi connectivity index (χ2n) is 5.30. The Labute approximate surface area is 159 Å². The Kier molecular flexibility index (Phi) is 5.55. The van der Waals surface area contributed by atoms with Crippen LogP contribution < -0.4 is 5.43 Å². The summed E-state index contributed by atoms with van der Waals surface area (Å²) in [5, 5.41) is 15.9. The molecule has 0 aliphatic rings. The maximum absolute atomic E-state index is 10.7. The van der Waals surface area contributed by atoms with Crippen LogP contribution in [0.25, 0.3) is 11.3 Å². The molecule has 1 aromatic heterocycles. The van der Waals surface area contributed by atoms with E-state index >= 15 is 0 Å². The number of benzene rings is 2. The number of nitrogens with one attached hydrogen (secondary N) is 1. The number of hydrogen-bond acceptors (Lipinski definition) is 5. The van der Waals surface area contributed by atoms with Gasteiger partial charge in [0.2, 0.25) is 0 Å². The summed E-state index contributed by atoms with van der Waals surface area (Å²) >= 11 is 12.2. The topological polar surface area (TPSA) is 80.7 Å². The summed E-state index contributed by atoms with van der Waals surface area (Å²) in [4.78, 5) is 10.2. The van der Waals surface area contributed by atoms with Crippen molar-refractivity contribution in [3.05, 3.63) is 86.1 Å². The van der Waals surface area contributed by atoms with Gasteiger partial charge < -0.3 is 9.84 Å². The average molecular weight is 390 g/mol. The number of hydrogen-bond donors (Lipinski definition) is 1. The molecule has 0 unspecified atom stereocenters. The van der Waals surface area contributed by atoms with E-state index in [0.717, 1.165) is 11.1 Å². The molecule has 1 N–H and O–H groups in total. The predicted molar refractivity (Wildman–Crippen MR) is 102 cm³/mol. The molecule has 26 heavy (non-hydrogen) atoms. The van der Waals surface area contributed by atoms with Crippen LogP contribution in [-0.4, -0.2) is 11.1 Å². The smallest absolute Gasteiger partial charge is 0.269 e. The quantitative estimate of drug-likeness (QED) is 0.353. The fraction of sp³-hybridized carbons (Fsp3) is 0.0556. The van der Waals surface area contributed by atoms with Gasteiger partial charge in [-0.05, 0) is 36.4 Å². The highest BCUT2D eigenvalue weighted by atomic mass is 35.5. The van der Waals surface area contributed by atoms with Gasteiger partial charge in [0.15, 0.2) is 0 Å². The summed E-state index contributed by atoms with van der Waals surface area (Å²) in [7, 11) is 0. The molecule has 0 bridgehead atoms. The van der Waals surface area contributed by atoms with Gasteiger partial charge >= 0.3 is 0 Å². The second kappa shape index (κ2) is 8.03. The molecular formula is C18H13Cl2N3O3. The van der Waals surface area contributed by atoms with E-state index in [1.807, 2.05) is 0 Å². The number of nitro benzene ring substituents is 1. The van der Waals surface area contributed by atoms with Crippen molar-refractivity contribution >= 4 is 35.1 Å². The Bertz CT molecular complexity index is 932. The first-order chi connectivity index (χ1) is 12.5. The lowest BCUT2D eigenvalue weighted by Crippen LogP contribution is -2.06. The van der Waals surface area contributed by atoms with Gasteiger partial charge in [0.05, 0.1) is 17.7 Å². The number of halogens is 2. The normalized spacial score (nSPS) is 11.0. The third kappa shape index (κ3) is 4.22. The molecule has 0 radical (unpaired) electrons. The Hall–Kier alpha value is -2.83. The minimum Gasteiger partial charge on any atom is -0.455 e. The number of nitrogens with zero attached hydrogens (tertiary/aromatic N) is 2. The fourth-order valence-corrected chi connectivity index (χ4v) is 2.79. The fourth-order valence-electron chi connectivity index (χ4n) is 2.26. The highest BCUT2D eigenvalue weighted by Gasteiger charge is 2.08. The minimum atomic E-state index is -0.444. The van der Waals surface area contributed by atoms with Crippen LogP contribution in [0.2, 0.25) is 10.0 Å². The first kappa shape index (κ1) is 18.0. The first-order valence-electron chi connectivity index (χ1n) is 7.58. The van der Waals surface area contributed by atoms with Crippen LogP contribution in [0.4, 0.5) is 5.69 Å². The molecule has 8 heteroatoms. The van der Waals surface area contributed by atoms with Crippen molar-refractivity contribution in [3.63, 3.8) is 0 Å². The molecule has 0 aliphatic heterocycles. The van der Waals surface area contributed by atoms with Crippen LogP contribution >= 0.6 is 23.2 Å². The van der Waals surface area contributed by atoms with E-state index in [2.05, 4.69) is 10.5 Å². The lowest BCUT2D eigenvalue weighted by atomic mass is 10.1. The summed E-state index contributed by atoms with van der Waals surface area (Å²) in [5.74, 6) is 1.13. The molecule has 3 rings (SSSR count). The molecule has 0 amide bonds. The van der Waals surface area contributed by atoms with E-state index in [4.69, 9.17) is 27.6 Å². The number of rotatable bonds is 6. The molecule has 0 saturated heterocycles. The van der Waals surface area contributed by atoms with Crippen molar-refractivity contribution in [2.24, 2.45) is 5.10 Å². The van der Waals surface area contributed by atoms with E-state index in [9.17, 15) is 10.1 Å². The summed E-state index contributed by atoms with van der Waals surface area (Å²) in [5.41, 5.74) is 4.40. The Morgan fingerprint density at radius 1 is 1.08 bits per heavy atom. The van der Waals surface area contributed by atoms with Gasteiger partial charge in [0, 0.05) is 33.3 Å². The maximum atomic E-state index is 10.7. The van der Waals surface area contributed by atoms with Crippen LogP contribution in [0.1, 0.15) is 11.3 Å². The molecule has 1 heterocycles. The summed E-state index contributed by atoms with van der Waals surface area (Å²) < 4.78 is 5.66. The van der Waals surface area contributed by atoms with Gasteiger partial charge in [0.1, 0.15) is 11.5 Å². The van der Waals surface area contributed by atoms with Crippen molar-refractivity contribution < 1.29 is 9.34 Å². The van der Waals surface area contributed by atoms with Gasteiger partial charge in [-0.3, -0.25) is 10.1 Å². The van der Waals surface area contributed by atoms with Gasteiger partial charge in [-0.25, -0.2) is 0 Å².